The van der Waals surface area contributed by atoms with Crippen LogP contribution in [0.1, 0.15) is 0 Å². The van der Waals surface area contributed by atoms with E-state index >= 15 is 0 Å². The third-order valence-electron chi connectivity index (χ3n) is 5.03. The molecule has 2 aromatic heterocycles. The van der Waals surface area contributed by atoms with Gasteiger partial charge in [-0.1, -0.05) is 12.1 Å². The zero-order valence-electron chi connectivity index (χ0n) is 16.9. The molecule has 0 atom stereocenters. The first-order valence-corrected chi connectivity index (χ1v) is 10.0. The van der Waals surface area contributed by atoms with Gasteiger partial charge in [0.2, 0.25) is 0 Å². The Morgan fingerprint density at radius 3 is 1.31 bits per heavy atom. The van der Waals surface area contributed by atoms with Gasteiger partial charge in [0, 0.05) is 46.2 Å². The van der Waals surface area contributed by atoms with Crippen LogP contribution in [-0.2, 0) is 0 Å². The highest BCUT2D eigenvalue weighted by Crippen LogP contribution is 2.20. The quantitative estimate of drug-likeness (QED) is 0.214. The van der Waals surface area contributed by atoms with Crippen LogP contribution in [-0.4, -0.2) is 22.0 Å². The van der Waals surface area contributed by atoms with Gasteiger partial charge in [0.05, 0.1) is 0 Å². The summed E-state index contributed by atoms with van der Waals surface area (Å²) >= 11 is 0. The fourth-order valence-corrected chi connectivity index (χ4v) is 3.47. The average molecular weight is 424 g/mol. The number of fused-ring (bicyclic) bond motifs is 2. The summed E-state index contributed by atoms with van der Waals surface area (Å²) in [6, 6.07) is 21.4. The fraction of sp³-hybridized carbons (Fsp3) is 0. The van der Waals surface area contributed by atoms with Gasteiger partial charge in [-0.25, -0.2) is 9.59 Å². The van der Waals surface area contributed by atoms with Crippen LogP contribution in [0.5, 0.6) is 0 Å². The molecule has 0 bridgehead atoms. The molecule has 0 aliphatic heterocycles. The zero-order chi connectivity index (χ0) is 21.9. The van der Waals surface area contributed by atoms with Crippen LogP contribution in [0, 0.1) is 0 Å². The number of aromatic nitrogens is 2. The summed E-state index contributed by atoms with van der Waals surface area (Å²) in [5.74, 6) is 0. The van der Waals surface area contributed by atoms with Crippen molar-refractivity contribution in [2.45, 2.75) is 0 Å². The molecule has 0 fully saturated rings. The summed E-state index contributed by atoms with van der Waals surface area (Å²) in [6.45, 7) is 0. The highest BCUT2D eigenvalue weighted by Gasteiger charge is 2.06. The number of carbonyl (C=O) groups is 2. The van der Waals surface area contributed by atoms with Gasteiger partial charge in [-0.3, -0.25) is 0 Å². The number of carbonyl (C=O) groups excluding carboxylic acids is 2. The van der Waals surface area contributed by atoms with E-state index in [2.05, 4.69) is 31.2 Å². The zero-order valence-corrected chi connectivity index (χ0v) is 16.9. The lowest BCUT2D eigenvalue weighted by atomic mass is 10.2. The monoisotopic (exact) mass is 424 g/mol. The van der Waals surface area contributed by atoms with E-state index in [0.29, 0.717) is 22.7 Å². The predicted octanol–water partition coefficient (Wildman–Crippen LogP) is 5.94. The van der Waals surface area contributed by atoms with Gasteiger partial charge < -0.3 is 31.2 Å². The van der Waals surface area contributed by atoms with Crippen LogP contribution in [0.2, 0.25) is 0 Å². The molecule has 0 saturated heterocycles. The van der Waals surface area contributed by atoms with Gasteiger partial charge >= 0.3 is 12.1 Å². The Kier molecular flexibility index (Phi) is 4.93. The number of H-pyrrole nitrogens is 2. The minimum atomic E-state index is -0.353. The smallest absolute Gasteiger partial charge is 0.323 e. The molecule has 158 valence electrons. The summed E-state index contributed by atoms with van der Waals surface area (Å²) in [5, 5.41) is 13.3. The molecule has 8 heteroatoms. The molecule has 4 amide bonds. The largest absolute Gasteiger partial charge is 0.361 e. The maximum Gasteiger partial charge on any atom is 0.323 e. The topological polar surface area (TPSA) is 114 Å². The molecule has 0 aliphatic carbocycles. The third kappa shape index (κ3) is 4.24. The molecular formula is C24H20N6O2. The molecule has 0 spiro atoms. The Balaban J connectivity index is 1.16. The molecule has 0 unspecified atom stereocenters. The highest BCUT2D eigenvalue weighted by atomic mass is 16.2. The summed E-state index contributed by atoms with van der Waals surface area (Å²) in [6.07, 6.45) is 3.70. The van der Waals surface area contributed by atoms with E-state index in [4.69, 9.17) is 0 Å². The summed E-state index contributed by atoms with van der Waals surface area (Å²) in [7, 11) is 0. The lowest BCUT2D eigenvalue weighted by Gasteiger charge is -2.10. The SMILES string of the molecule is O=C(Nc1ccc(NC(=O)Nc2ccc3cc[nH]c3c2)cc1)Nc1ccc2cc[nH]c2c1. The maximum absolute atomic E-state index is 12.3. The lowest BCUT2D eigenvalue weighted by Crippen LogP contribution is -2.20. The van der Waals surface area contributed by atoms with Gasteiger partial charge in [-0.2, -0.15) is 0 Å². The van der Waals surface area contributed by atoms with Crippen molar-refractivity contribution < 1.29 is 9.59 Å². The lowest BCUT2D eigenvalue weighted by molar-refractivity contribution is 0.261. The van der Waals surface area contributed by atoms with E-state index in [1.807, 2.05) is 60.9 Å². The third-order valence-corrected chi connectivity index (χ3v) is 5.03. The number of benzene rings is 3. The fourth-order valence-electron chi connectivity index (χ4n) is 3.47. The van der Waals surface area contributed by atoms with Crippen LogP contribution in [0.4, 0.5) is 32.3 Å². The Bertz CT molecular complexity index is 1310. The van der Waals surface area contributed by atoms with Crippen molar-refractivity contribution in [3.63, 3.8) is 0 Å². The van der Waals surface area contributed by atoms with Crippen molar-refractivity contribution in [3.05, 3.63) is 85.2 Å². The summed E-state index contributed by atoms with van der Waals surface area (Å²) < 4.78 is 0. The van der Waals surface area contributed by atoms with E-state index in [0.717, 1.165) is 21.8 Å². The molecule has 8 nitrogen and oxygen atoms in total. The number of hydrogen-bond acceptors (Lipinski definition) is 2. The second kappa shape index (κ2) is 8.19. The van der Waals surface area contributed by atoms with Crippen molar-refractivity contribution in [1.82, 2.24) is 9.97 Å². The van der Waals surface area contributed by atoms with Crippen molar-refractivity contribution in [1.29, 1.82) is 0 Å². The maximum atomic E-state index is 12.3. The van der Waals surface area contributed by atoms with Gasteiger partial charge in [-0.15, -0.1) is 0 Å². The Morgan fingerprint density at radius 2 is 0.875 bits per heavy atom. The van der Waals surface area contributed by atoms with Crippen molar-refractivity contribution in [3.8, 4) is 0 Å². The van der Waals surface area contributed by atoms with E-state index < -0.39 is 0 Å². The van der Waals surface area contributed by atoms with E-state index in [1.165, 1.54) is 0 Å². The van der Waals surface area contributed by atoms with Crippen LogP contribution < -0.4 is 21.3 Å². The molecule has 2 heterocycles. The first-order valence-electron chi connectivity index (χ1n) is 10.0. The Hall–Kier alpha value is -4.72. The van der Waals surface area contributed by atoms with Crippen molar-refractivity contribution >= 4 is 56.6 Å². The van der Waals surface area contributed by atoms with E-state index in [9.17, 15) is 9.59 Å². The Morgan fingerprint density at radius 1 is 0.500 bits per heavy atom. The van der Waals surface area contributed by atoms with E-state index in [1.54, 1.807) is 24.3 Å². The molecule has 5 rings (SSSR count). The van der Waals surface area contributed by atoms with Gasteiger partial charge in [0.1, 0.15) is 0 Å². The minimum Gasteiger partial charge on any atom is -0.361 e. The molecule has 32 heavy (non-hydrogen) atoms. The molecule has 6 N–H and O–H groups in total. The Labute approximate surface area is 183 Å². The standard InChI is InChI=1S/C24H20N6O2/c31-23(29-19-3-1-15-9-11-25-21(15)13-19)27-17-5-7-18(8-6-17)28-24(32)30-20-4-2-16-10-12-26-22(16)14-20/h1-14,25-26H,(H2,27,29,31)(H2,28,30,32). The molecule has 0 radical (unpaired) electrons. The average Bonchev–Trinajstić information content (AvgIpc) is 3.43. The number of anilines is 4. The molecule has 5 aromatic rings. The number of urea groups is 2. The van der Waals surface area contributed by atoms with Crippen LogP contribution in [0.25, 0.3) is 21.8 Å². The first-order chi connectivity index (χ1) is 15.6. The van der Waals surface area contributed by atoms with Crippen LogP contribution >= 0.6 is 0 Å². The molecule has 3 aromatic carbocycles. The first kappa shape index (κ1) is 19.3. The summed E-state index contributed by atoms with van der Waals surface area (Å²) in [4.78, 5) is 30.8. The minimum absolute atomic E-state index is 0.353. The second-order valence-electron chi connectivity index (χ2n) is 7.29. The van der Waals surface area contributed by atoms with Crippen LogP contribution in [0.15, 0.2) is 85.2 Å². The van der Waals surface area contributed by atoms with Gasteiger partial charge in [0.15, 0.2) is 0 Å². The van der Waals surface area contributed by atoms with Gasteiger partial charge in [0.25, 0.3) is 0 Å². The number of hydrogen-bond donors (Lipinski definition) is 6. The van der Waals surface area contributed by atoms with Crippen molar-refractivity contribution in [2.24, 2.45) is 0 Å². The second-order valence-corrected chi connectivity index (χ2v) is 7.29. The normalized spacial score (nSPS) is 10.8. The number of rotatable bonds is 4. The van der Waals surface area contributed by atoms with E-state index in [-0.39, 0.29) is 12.1 Å². The highest BCUT2D eigenvalue weighted by molar-refractivity contribution is 6.02. The number of amides is 4. The number of aromatic amines is 2. The van der Waals surface area contributed by atoms with Crippen LogP contribution in [0.3, 0.4) is 0 Å². The van der Waals surface area contributed by atoms with Crippen molar-refractivity contribution in [2.75, 3.05) is 21.3 Å². The van der Waals surface area contributed by atoms with Gasteiger partial charge in [-0.05, 0) is 71.4 Å². The molecular weight excluding hydrogens is 404 g/mol. The number of nitrogens with one attached hydrogen (secondary N) is 6. The molecule has 0 aliphatic rings. The predicted molar refractivity (Wildman–Crippen MR) is 128 cm³/mol. The molecule has 0 saturated carbocycles. The summed E-state index contributed by atoms with van der Waals surface area (Å²) in [5.41, 5.74) is 4.47.